The second-order valence-corrected chi connectivity index (χ2v) is 8.55. The number of anilines is 2. The van der Waals surface area contributed by atoms with E-state index in [2.05, 4.69) is 32.2 Å². The van der Waals surface area contributed by atoms with Crippen LogP contribution in [0.3, 0.4) is 0 Å². The number of benzene rings is 2. The zero-order valence-corrected chi connectivity index (χ0v) is 19.0. The molecular weight excluding hydrogens is 422 g/mol. The quantitative estimate of drug-likeness (QED) is 0.415. The van der Waals surface area contributed by atoms with Crippen LogP contribution in [0.5, 0.6) is 0 Å². The van der Waals surface area contributed by atoms with E-state index in [1.54, 1.807) is 12.4 Å². The summed E-state index contributed by atoms with van der Waals surface area (Å²) in [6, 6.07) is 27.9. The second-order valence-electron chi connectivity index (χ2n) is 8.55. The molecule has 2 aromatic heterocycles. The van der Waals surface area contributed by atoms with Gasteiger partial charge in [-0.1, -0.05) is 48.5 Å². The first-order valence-corrected chi connectivity index (χ1v) is 11.7. The molecule has 1 unspecified atom stereocenters. The van der Waals surface area contributed by atoms with Crippen LogP contribution >= 0.6 is 0 Å². The first kappa shape index (κ1) is 21.8. The lowest BCUT2D eigenvalue weighted by Gasteiger charge is -2.35. The fourth-order valence-electron chi connectivity index (χ4n) is 4.44. The van der Waals surface area contributed by atoms with Crippen LogP contribution in [0.15, 0.2) is 97.3 Å². The minimum absolute atomic E-state index is 0.0996. The molecule has 4 aromatic rings. The number of amides is 1. The Hall–Kier alpha value is -4.06. The molecule has 6 nitrogen and oxygen atoms in total. The molecule has 0 saturated carbocycles. The topological polar surface area (TPSA) is 62.2 Å². The lowest BCUT2D eigenvalue weighted by Crippen LogP contribution is -2.45. The maximum absolute atomic E-state index is 13.8. The number of carbonyl (C=O) groups excluding carboxylic acids is 1. The normalized spacial score (nSPS) is 15.6. The highest BCUT2D eigenvalue weighted by Crippen LogP contribution is 2.27. The van der Waals surface area contributed by atoms with Crippen molar-refractivity contribution < 1.29 is 4.79 Å². The standard InChI is InChI=1S/C28H27N5O/c34-28(33(25-13-5-2-6-14-25)20-22-9-3-1-4-10-22)24-12-8-18-32(21-24)27-16-15-26(30-31-27)23-11-7-17-29-19-23/h1-7,9-11,13-17,19,24H,8,12,18,20-21H2. The van der Waals surface area contributed by atoms with Gasteiger partial charge in [-0.05, 0) is 54.8 Å². The molecule has 1 amide bonds. The molecule has 0 spiro atoms. The van der Waals surface area contributed by atoms with Gasteiger partial charge in [0.25, 0.3) is 0 Å². The van der Waals surface area contributed by atoms with E-state index >= 15 is 0 Å². The van der Waals surface area contributed by atoms with Crippen molar-refractivity contribution in [3.05, 3.63) is 103 Å². The first-order valence-electron chi connectivity index (χ1n) is 11.7. The molecule has 1 atom stereocenters. The van der Waals surface area contributed by atoms with Crippen molar-refractivity contribution in [2.24, 2.45) is 5.92 Å². The number of para-hydroxylation sites is 1. The van der Waals surface area contributed by atoms with Gasteiger partial charge in [-0.15, -0.1) is 10.2 Å². The number of nitrogens with zero attached hydrogens (tertiary/aromatic N) is 5. The summed E-state index contributed by atoms with van der Waals surface area (Å²) in [7, 11) is 0. The summed E-state index contributed by atoms with van der Waals surface area (Å²) in [5.74, 6) is 0.858. The highest BCUT2D eigenvalue weighted by Gasteiger charge is 2.31. The van der Waals surface area contributed by atoms with E-state index in [1.165, 1.54) is 0 Å². The minimum Gasteiger partial charge on any atom is -0.354 e. The number of pyridine rings is 1. The molecule has 1 fully saturated rings. The summed E-state index contributed by atoms with van der Waals surface area (Å²) in [4.78, 5) is 22.0. The molecule has 5 rings (SSSR count). The molecule has 3 heterocycles. The van der Waals surface area contributed by atoms with E-state index in [0.29, 0.717) is 13.1 Å². The summed E-state index contributed by atoms with van der Waals surface area (Å²) < 4.78 is 0. The summed E-state index contributed by atoms with van der Waals surface area (Å²) in [5.41, 5.74) is 3.77. The van der Waals surface area contributed by atoms with Crippen LogP contribution < -0.4 is 9.80 Å². The van der Waals surface area contributed by atoms with Gasteiger partial charge in [-0.3, -0.25) is 9.78 Å². The van der Waals surface area contributed by atoms with E-state index in [-0.39, 0.29) is 11.8 Å². The smallest absolute Gasteiger partial charge is 0.232 e. The van der Waals surface area contributed by atoms with Crippen molar-refractivity contribution in [3.63, 3.8) is 0 Å². The SMILES string of the molecule is O=C(C1CCCN(c2ccc(-c3cccnc3)nn2)C1)N(Cc1ccccc1)c1ccccc1. The van der Waals surface area contributed by atoms with Crippen LogP contribution in [0.25, 0.3) is 11.3 Å². The molecule has 170 valence electrons. The van der Waals surface area contributed by atoms with Gasteiger partial charge in [-0.2, -0.15) is 0 Å². The Balaban J connectivity index is 1.33. The molecule has 1 aliphatic heterocycles. The number of aromatic nitrogens is 3. The molecular formula is C28H27N5O. The fraction of sp³-hybridized carbons (Fsp3) is 0.214. The molecule has 34 heavy (non-hydrogen) atoms. The minimum atomic E-state index is -0.0996. The highest BCUT2D eigenvalue weighted by atomic mass is 16.2. The highest BCUT2D eigenvalue weighted by molar-refractivity contribution is 5.95. The third kappa shape index (κ3) is 4.96. The zero-order valence-electron chi connectivity index (χ0n) is 19.0. The fourth-order valence-corrected chi connectivity index (χ4v) is 4.44. The van der Waals surface area contributed by atoms with Crippen LogP contribution in [-0.4, -0.2) is 34.2 Å². The van der Waals surface area contributed by atoms with Crippen molar-refractivity contribution in [2.45, 2.75) is 19.4 Å². The first-order chi connectivity index (χ1) is 16.8. The third-order valence-electron chi connectivity index (χ3n) is 6.22. The van der Waals surface area contributed by atoms with E-state index in [9.17, 15) is 4.79 Å². The lowest BCUT2D eigenvalue weighted by atomic mass is 9.95. The Morgan fingerprint density at radius 3 is 2.41 bits per heavy atom. The van der Waals surface area contributed by atoms with Gasteiger partial charge in [0.05, 0.1) is 18.2 Å². The Kier molecular flexibility index (Phi) is 6.56. The van der Waals surface area contributed by atoms with Gasteiger partial charge in [-0.25, -0.2) is 0 Å². The van der Waals surface area contributed by atoms with Crippen molar-refractivity contribution in [2.75, 3.05) is 22.9 Å². The lowest BCUT2D eigenvalue weighted by molar-refractivity contribution is -0.122. The Bertz CT molecular complexity index is 1200. The molecule has 6 heteroatoms. The number of piperidine rings is 1. The summed E-state index contributed by atoms with van der Waals surface area (Å²) >= 11 is 0. The van der Waals surface area contributed by atoms with Crippen LogP contribution in [0, 0.1) is 5.92 Å². The van der Waals surface area contributed by atoms with Gasteiger partial charge >= 0.3 is 0 Å². The molecule has 1 aliphatic rings. The van der Waals surface area contributed by atoms with Gasteiger partial charge in [0, 0.05) is 36.7 Å². The Morgan fingerprint density at radius 1 is 0.912 bits per heavy atom. The summed E-state index contributed by atoms with van der Waals surface area (Å²) in [5, 5.41) is 8.87. The van der Waals surface area contributed by atoms with Crippen LogP contribution in [-0.2, 0) is 11.3 Å². The van der Waals surface area contributed by atoms with Gasteiger partial charge < -0.3 is 9.80 Å². The van der Waals surface area contributed by atoms with Gasteiger partial charge in [0.1, 0.15) is 0 Å². The van der Waals surface area contributed by atoms with E-state index in [0.717, 1.165) is 47.7 Å². The summed E-state index contributed by atoms with van der Waals surface area (Å²) in [6.45, 7) is 2.06. The van der Waals surface area contributed by atoms with E-state index in [4.69, 9.17) is 0 Å². The average molecular weight is 450 g/mol. The summed E-state index contributed by atoms with van der Waals surface area (Å²) in [6.07, 6.45) is 5.34. The molecule has 1 saturated heterocycles. The largest absolute Gasteiger partial charge is 0.354 e. The Morgan fingerprint density at radius 2 is 1.71 bits per heavy atom. The maximum Gasteiger partial charge on any atom is 0.232 e. The Labute approximate surface area is 199 Å². The van der Waals surface area contributed by atoms with Crippen molar-refractivity contribution in [3.8, 4) is 11.3 Å². The van der Waals surface area contributed by atoms with Crippen molar-refractivity contribution in [1.82, 2.24) is 15.2 Å². The van der Waals surface area contributed by atoms with Gasteiger partial charge in [0.2, 0.25) is 5.91 Å². The van der Waals surface area contributed by atoms with Crippen LogP contribution in [0.1, 0.15) is 18.4 Å². The number of hydrogen-bond donors (Lipinski definition) is 0. The molecule has 0 aliphatic carbocycles. The van der Waals surface area contributed by atoms with E-state index in [1.807, 2.05) is 77.7 Å². The predicted molar refractivity (Wildman–Crippen MR) is 134 cm³/mol. The predicted octanol–water partition coefficient (Wildman–Crippen LogP) is 4.99. The average Bonchev–Trinajstić information content (AvgIpc) is 2.93. The van der Waals surface area contributed by atoms with E-state index < -0.39 is 0 Å². The monoisotopic (exact) mass is 449 g/mol. The third-order valence-corrected chi connectivity index (χ3v) is 6.22. The van der Waals surface area contributed by atoms with Gasteiger partial charge in [0.15, 0.2) is 5.82 Å². The number of hydrogen-bond acceptors (Lipinski definition) is 5. The maximum atomic E-state index is 13.8. The van der Waals surface area contributed by atoms with Crippen LogP contribution in [0.4, 0.5) is 11.5 Å². The molecule has 2 aromatic carbocycles. The number of carbonyl (C=O) groups is 1. The molecule has 0 bridgehead atoms. The van der Waals surface area contributed by atoms with Crippen LogP contribution in [0.2, 0.25) is 0 Å². The van der Waals surface area contributed by atoms with Crippen molar-refractivity contribution in [1.29, 1.82) is 0 Å². The number of rotatable bonds is 6. The second kappa shape index (κ2) is 10.3. The molecule has 0 N–H and O–H groups in total. The zero-order chi connectivity index (χ0) is 23.2. The molecule has 0 radical (unpaired) electrons. The van der Waals surface area contributed by atoms with Crippen molar-refractivity contribution >= 4 is 17.4 Å².